The van der Waals surface area contributed by atoms with Crippen molar-refractivity contribution in [2.75, 3.05) is 12.4 Å². The van der Waals surface area contributed by atoms with E-state index in [-0.39, 0.29) is 16.0 Å². The molecule has 0 radical (unpaired) electrons. The quantitative estimate of drug-likeness (QED) is 0.676. The van der Waals surface area contributed by atoms with Gasteiger partial charge >= 0.3 is 0 Å². The van der Waals surface area contributed by atoms with Crippen LogP contribution < -0.4 is 10.0 Å². The highest BCUT2D eigenvalue weighted by Crippen LogP contribution is 2.62. The third-order valence-corrected chi connectivity index (χ3v) is 10.1. The first-order valence-electron chi connectivity index (χ1n) is 9.33. The second kappa shape index (κ2) is 7.68. The summed E-state index contributed by atoms with van der Waals surface area (Å²) in [6.07, 6.45) is 8.19. The number of anilines is 1. The SMILES string of the molecule is CNS(=O)(=O)c1ccc([C@@]2(C(=O)Nc3ncc(Cl)s3)C[C@H]2C2CCCCC2)s1. The molecule has 0 unspecified atom stereocenters. The maximum absolute atomic E-state index is 13.3. The van der Waals surface area contributed by atoms with Crippen LogP contribution in [0, 0.1) is 11.8 Å². The van der Waals surface area contributed by atoms with Crippen LogP contribution in [0.4, 0.5) is 5.13 Å². The molecular formula is C18H22ClN3O3S3. The molecule has 10 heteroatoms. The molecule has 152 valence electrons. The number of carbonyl (C=O) groups is 1. The van der Waals surface area contributed by atoms with E-state index in [0.29, 0.717) is 15.4 Å². The highest BCUT2D eigenvalue weighted by Gasteiger charge is 2.64. The van der Waals surface area contributed by atoms with Crippen LogP contribution >= 0.6 is 34.3 Å². The molecule has 2 aliphatic rings. The predicted octanol–water partition coefficient (Wildman–Crippen LogP) is 4.24. The monoisotopic (exact) mass is 459 g/mol. The summed E-state index contributed by atoms with van der Waals surface area (Å²) >= 11 is 8.36. The lowest BCUT2D eigenvalue weighted by Gasteiger charge is -2.25. The molecule has 1 amide bonds. The second-order valence-corrected chi connectivity index (χ2v) is 12.3. The lowest BCUT2D eigenvalue weighted by Crippen LogP contribution is -2.31. The van der Waals surface area contributed by atoms with Gasteiger partial charge in [0.25, 0.3) is 0 Å². The van der Waals surface area contributed by atoms with Gasteiger partial charge in [0.05, 0.1) is 11.6 Å². The Kier molecular flexibility index (Phi) is 5.56. The fourth-order valence-corrected chi connectivity index (χ4v) is 7.59. The maximum Gasteiger partial charge on any atom is 0.249 e. The van der Waals surface area contributed by atoms with Gasteiger partial charge in [-0.1, -0.05) is 55.0 Å². The van der Waals surface area contributed by atoms with Crippen LogP contribution in [0.1, 0.15) is 43.4 Å². The number of thiophene rings is 1. The van der Waals surface area contributed by atoms with Crippen molar-refractivity contribution in [1.82, 2.24) is 9.71 Å². The first kappa shape index (κ1) is 20.3. The Hall–Kier alpha value is -1.00. The molecule has 6 nitrogen and oxygen atoms in total. The van der Waals surface area contributed by atoms with Crippen LogP contribution in [0.15, 0.2) is 22.5 Å². The number of thiazole rings is 1. The van der Waals surface area contributed by atoms with Crippen LogP contribution in [-0.4, -0.2) is 26.4 Å². The summed E-state index contributed by atoms with van der Waals surface area (Å²) in [6.45, 7) is 0. The van der Waals surface area contributed by atoms with Crippen LogP contribution in [0.3, 0.4) is 0 Å². The number of nitrogens with zero attached hydrogens (tertiary/aromatic N) is 1. The van der Waals surface area contributed by atoms with Crippen molar-refractivity contribution in [3.05, 3.63) is 27.5 Å². The summed E-state index contributed by atoms with van der Waals surface area (Å²) in [5, 5.41) is 3.40. The number of aromatic nitrogens is 1. The topological polar surface area (TPSA) is 88.2 Å². The Morgan fingerprint density at radius 3 is 2.64 bits per heavy atom. The molecule has 4 rings (SSSR count). The minimum atomic E-state index is -3.52. The Morgan fingerprint density at radius 2 is 2.00 bits per heavy atom. The predicted molar refractivity (Wildman–Crippen MR) is 113 cm³/mol. The molecule has 0 aromatic carbocycles. The molecule has 2 heterocycles. The lowest BCUT2D eigenvalue weighted by atomic mass is 9.82. The van der Waals surface area contributed by atoms with E-state index in [2.05, 4.69) is 15.0 Å². The average molecular weight is 460 g/mol. The molecular weight excluding hydrogens is 438 g/mol. The van der Waals surface area contributed by atoms with Crippen molar-refractivity contribution in [2.45, 2.75) is 48.1 Å². The summed E-state index contributed by atoms with van der Waals surface area (Å²) in [5.41, 5.74) is -0.674. The highest BCUT2D eigenvalue weighted by atomic mass is 35.5. The largest absolute Gasteiger partial charge is 0.301 e. The van der Waals surface area contributed by atoms with Gasteiger partial charge in [0.15, 0.2) is 5.13 Å². The summed E-state index contributed by atoms with van der Waals surface area (Å²) < 4.78 is 27.5. The van der Waals surface area contributed by atoms with E-state index in [0.717, 1.165) is 24.1 Å². The van der Waals surface area contributed by atoms with E-state index in [4.69, 9.17) is 11.6 Å². The molecule has 2 aromatic heterocycles. The number of amides is 1. The van der Waals surface area contributed by atoms with E-state index in [1.54, 1.807) is 12.1 Å². The zero-order valence-corrected chi connectivity index (χ0v) is 18.6. The van der Waals surface area contributed by atoms with Crippen molar-refractivity contribution in [3.63, 3.8) is 0 Å². The van der Waals surface area contributed by atoms with Crippen molar-refractivity contribution in [3.8, 4) is 0 Å². The minimum absolute atomic E-state index is 0.107. The summed E-state index contributed by atoms with van der Waals surface area (Å²) in [4.78, 5) is 18.3. The van der Waals surface area contributed by atoms with Gasteiger partial charge in [-0.2, -0.15) is 0 Å². The zero-order valence-electron chi connectivity index (χ0n) is 15.4. The summed E-state index contributed by atoms with van der Waals surface area (Å²) in [6, 6.07) is 3.39. The third-order valence-electron chi connectivity index (χ3n) is 5.89. The van der Waals surface area contributed by atoms with Crippen molar-refractivity contribution < 1.29 is 13.2 Å². The number of nitrogens with one attached hydrogen (secondary N) is 2. The molecule has 0 bridgehead atoms. The van der Waals surface area contributed by atoms with Crippen LogP contribution in [0.5, 0.6) is 0 Å². The normalized spacial score (nSPS) is 25.6. The van der Waals surface area contributed by atoms with Gasteiger partial charge in [-0.3, -0.25) is 4.79 Å². The average Bonchev–Trinajstić information content (AvgIpc) is 3.01. The van der Waals surface area contributed by atoms with Crippen molar-refractivity contribution in [1.29, 1.82) is 0 Å². The number of hydrogen-bond acceptors (Lipinski definition) is 6. The minimum Gasteiger partial charge on any atom is -0.301 e. The standard InChI is InChI=1S/C18H22ClN3O3S3/c1-20-28(24,25)15-8-7-13(26-15)18(9-12(18)11-5-3-2-4-6-11)16(23)22-17-21-10-14(19)27-17/h7-8,10-12,20H,2-6,9H2,1H3,(H,21,22,23)/t12-,18+/m0/s1. The molecule has 2 aromatic rings. The Labute approximate surface area is 177 Å². The zero-order chi connectivity index (χ0) is 19.9. The van der Waals surface area contributed by atoms with Gasteiger partial charge in [0, 0.05) is 4.88 Å². The van der Waals surface area contributed by atoms with Gasteiger partial charge in [0.1, 0.15) is 8.55 Å². The number of halogens is 1. The molecule has 2 aliphatic carbocycles. The fourth-order valence-electron chi connectivity index (χ4n) is 4.38. The lowest BCUT2D eigenvalue weighted by molar-refractivity contribution is -0.119. The van der Waals surface area contributed by atoms with E-state index in [1.165, 1.54) is 55.2 Å². The molecule has 2 N–H and O–H groups in total. The van der Waals surface area contributed by atoms with Gasteiger partial charge in [-0.05, 0) is 37.4 Å². The van der Waals surface area contributed by atoms with Crippen molar-refractivity contribution >= 4 is 55.3 Å². The van der Waals surface area contributed by atoms with Crippen molar-refractivity contribution in [2.24, 2.45) is 11.8 Å². The fraction of sp³-hybridized carbons (Fsp3) is 0.556. The summed E-state index contributed by atoms with van der Waals surface area (Å²) in [5.74, 6) is 0.641. The van der Waals surface area contributed by atoms with Gasteiger partial charge in [-0.25, -0.2) is 18.1 Å². The number of hydrogen-bond donors (Lipinski definition) is 2. The number of rotatable bonds is 6. The van der Waals surface area contributed by atoms with Crippen LogP contribution in [0.25, 0.3) is 0 Å². The first-order valence-corrected chi connectivity index (χ1v) is 12.8. The maximum atomic E-state index is 13.3. The Bertz CT molecular complexity index is 981. The molecule has 2 fully saturated rings. The third kappa shape index (κ3) is 3.63. The van der Waals surface area contributed by atoms with E-state index >= 15 is 0 Å². The Morgan fingerprint density at radius 1 is 1.25 bits per heavy atom. The van der Waals surface area contributed by atoms with Crippen LogP contribution in [0.2, 0.25) is 4.34 Å². The van der Waals surface area contributed by atoms with Crippen LogP contribution in [-0.2, 0) is 20.2 Å². The molecule has 2 atom stereocenters. The molecule has 0 spiro atoms. The second-order valence-electron chi connectivity index (χ2n) is 7.43. The Balaban J connectivity index is 1.66. The molecule has 0 aliphatic heterocycles. The molecule has 28 heavy (non-hydrogen) atoms. The van der Waals surface area contributed by atoms with E-state index < -0.39 is 15.4 Å². The molecule has 2 saturated carbocycles. The smallest absolute Gasteiger partial charge is 0.249 e. The summed E-state index contributed by atoms with van der Waals surface area (Å²) in [7, 11) is -2.13. The first-order chi connectivity index (χ1) is 13.4. The number of sulfonamides is 1. The number of carbonyl (C=O) groups excluding carboxylic acids is 1. The van der Waals surface area contributed by atoms with E-state index in [1.807, 2.05) is 0 Å². The van der Waals surface area contributed by atoms with Gasteiger partial charge < -0.3 is 5.32 Å². The van der Waals surface area contributed by atoms with Gasteiger partial charge in [0.2, 0.25) is 15.9 Å². The molecule has 0 saturated heterocycles. The highest BCUT2D eigenvalue weighted by molar-refractivity contribution is 7.91. The van der Waals surface area contributed by atoms with Gasteiger partial charge in [-0.15, -0.1) is 11.3 Å². The van der Waals surface area contributed by atoms with E-state index in [9.17, 15) is 13.2 Å².